The number of thioether (sulfide) groups is 1. The Hall–Kier alpha value is -3.78. The van der Waals surface area contributed by atoms with Gasteiger partial charge in [0.1, 0.15) is 17.2 Å². The summed E-state index contributed by atoms with van der Waals surface area (Å²) in [6.45, 7) is 2.31. The van der Waals surface area contributed by atoms with E-state index in [4.69, 9.17) is 19.2 Å². The number of aliphatic carboxylic acids is 1. The molecule has 0 saturated heterocycles. The van der Waals surface area contributed by atoms with Crippen LogP contribution in [-0.2, 0) is 27.5 Å². The molecule has 0 saturated carbocycles. The second-order valence-electron chi connectivity index (χ2n) is 10.1. The van der Waals surface area contributed by atoms with Gasteiger partial charge < -0.3 is 19.3 Å². The van der Waals surface area contributed by atoms with Gasteiger partial charge in [-0.05, 0) is 79.3 Å². The van der Waals surface area contributed by atoms with Crippen LogP contribution in [0.5, 0.6) is 11.5 Å². The molecule has 224 valence electrons. The van der Waals surface area contributed by atoms with Crippen molar-refractivity contribution in [2.45, 2.75) is 63.4 Å². The van der Waals surface area contributed by atoms with Gasteiger partial charge in [-0.1, -0.05) is 49.9 Å². The first-order valence-electron chi connectivity index (χ1n) is 14.3. The molecule has 0 radical (unpaired) electrons. The summed E-state index contributed by atoms with van der Waals surface area (Å²) in [6.07, 6.45) is 9.03. The molecule has 1 heterocycles. The lowest BCUT2D eigenvalue weighted by atomic mass is 10.0. The van der Waals surface area contributed by atoms with Crippen molar-refractivity contribution in [2.24, 2.45) is 0 Å². The predicted octanol–water partition coefficient (Wildman–Crippen LogP) is 7.76. The van der Waals surface area contributed by atoms with Crippen LogP contribution < -0.4 is 9.47 Å². The number of methoxy groups -OCH3 is 2. The molecule has 0 spiro atoms. The quantitative estimate of drug-likeness (QED) is 0.0911. The van der Waals surface area contributed by atoms with E-state index in [2.05, 4.69) is 12.1 Å². The fourth-order valence-corrected chi connectivity index (χ4v) is 5.36. The number of benzene rings is 2. The largest absolute Gasteiger partial charge is 0.497 e. The fourth-order valence-electron chi connectivity index (χ4n) is 4.46. The molecule has 42 heavy (non-hydrogen) atoms. The maximum Gasteiger partial charge on any atom is 0.337 e. The number of pyridine rings is 1. The molecule has 7 nitrogen and oxygen atoms in total. The van der Waals surface area contributed by atoms with Gasteiger partial charge in [-0.25, -0.2) is 14.6 Å². The third-order valence-corrected chi connectivity index (χ3v) is 7.84. The van der Waals surface area contributed by atoms with Crippen LogP contribution in [0.25, 0.3) is 5.57 Å². The normalized spacial score (nSPS) is 11.3. The summed E-state index contributed by atoms with van der Waals surface area (Å²) in [6, 6.07) is 19.5. The van der Waals surface area contributed by atoms with Crippen molar-refractivity contribution in [3.05, 3.63) is 94.8 Å². The van der Waals surface area contributed by atoms with E-state index in [1.165, 1.54) is 38.0 Å². The molecule has 0 atom stereocenters. The molecule has 0 aliphatic heterocycles. The Balaban J connectivity index is 1.42. The second-order valence-corrected chi connectivity index (χ2v) is 11.0. The SMILES string of the molecule is COC(=O)c1ccc(CSCc2ccc(OCCCCCCCCc3ccc(OC)cc3)c(/C(C)=C\C(=O)O)n2)cc1. The van der Waals surface area contributed by atoms with Gasteiger partial charge in [0, 0.05) is 17.6 Å². The number of carbonyl (C=O) groups is 2. The van der Waals surface area contributed by atoms with E-state index >= 15 is 0 Å². The number of carbonyl (C=O) groups excluding carboxylic acids is 1. The highest BCUT2D eigenvalue weighted by Crippen LogP contribution is 2.27. The Morgan fingerprint density at radius 3 is 2.17 bits per heavy atom. The highest BCUT2D eigenvalue weighted by Gasteiger charge is 2.12. The van der Waals surface area contributed by atoms with Gasteiger partial charge in [0.2, 0.25) is 0 Å². The van der Waals surface area contributed by atoms with Gasteiger partial charge in [-0.3, -0.25) is 0 Å². The molecule has 8 heteroatoms. The summed E-state index contributed by atoms with van der Waals surface area (Å²) >= 11 is 1.69. The molecule has 0 amide bonds. The number of hydrogen-bond donors (Lipinski definition) is 1. The minimum atomic E-state index is -1.01. The van der Waals surface area contributed by atoms with E-state index in [0.29, 0.717) is 34.9 Å². The van der Waals surface area contributed by atoms with Crippen molar-refractivity contribution < 1.29 is 28.9 Å². The Morgan fingerprint density at radius 2 is 1.50 bits per heavy atom. The first-order valence-corrected chi connectivity index (χ1v) is 15.5. The molecule has 3 aromatic rings. The number of carboxylic acids is 1. The standard InChI is InChI=1S/C34H41NO6S/c1-25(22-32(36)37)33-31(41-21-9-7-5-4-6-8-10-26-13-18-30(39-2)19-14-26)20-17-29(35-33)24-42-23-27-11-15-28(16-12-27)34(38)40-3/h11-20,22H,4-10,21,23-24H2,1-3H3,(H,36,37)/b25-22-. The Bertz CT molecular complexity index is 1300. The minimum Gasteiger partial charge on any atom is -0.497 e. The molecular weight excluding hydrogens is 550 g/mol. The van der Waals surface area contributed by atoms with Gasteiger partial charge in [-0.2, -0.15) is 11.8 Å². The van der Waals surface area contributed by atoms with Crippen LogP contribution in [0.2, 0.25) is 0 Å². The lowest BCUT2D eigenvalue weighted by molar-refractivity contribution is -0.131. The summed E-state index contributed by atoms with van der Waals surface area (Å²) in [7, 11) is 3.05. The number of aromatic nitrogens is 1. The van der Waals surface area contributed by atoms with Crippen LogP contribution in [0.1, 0.15) is 78.3 Å². The van der Waals surface area contributed by atoms with E-state index in [1.54, 1.807) is 37.9 Å². The van der Waals surface area contributed by atoms with E-state index in [-0.39, 0.29) is 5.97 Å². The van der Waals surface area contributed by atoms with Crippen molar-refractivity contribution in [2.75, 3.05) is 20.8 Å². The summed E-state index contributed by atoms with van der Waals surface area (Å²) in [5, 5.41) is 9.28. The zero-order chi connectivity index (χ0) is 30.2. The molecule has 2 aromatic carbocycles. The van der Waals surface area contributed by atoms with Crippen LogP contribution >= 0.6 is 11.8 Å². The molecule has 0 unspecified atom stereocenters. The first kappa shape index (κ1) is 32.7. The van der Waals surface area contributed by atoms with Crippen molar-refractivity contribution in [3.8, 4) is 11.5 Å². The molecule has 3 rings (SSSR count). The third kappa shape index (κ3) is 11.2. The van der Waals surface area contributed by atoms with E-state index in [9.17, 15) is 14.7 Å². The Labute approximate surface area is 253 Å². The van der Waals surface area contributed by atoms with Gasteiger partial charge in [-0.15, -0.1) is 0 Å². The Morgan fingerprint density at radius 1 is 0.833 bits per heavy atom. The number of nitrogens with zero attached hydrogens (tertiary/aromatic N) is 1. The topological polar surface area (TPSA) is 95.0 Å². The number of rotatable bonds is 18. The van der Waals surface area contributed by atoms with E-state index < -0.39 is 5.97 Å². The van der Waals surface area contributed by atoms with Gasteiger partial charge in [0.05, 0.1) is 32.1 Å². The lowest BCUT2D eigenvalue weighted by Gasteiger charge is -2.13. The maximum absolute atomic E-state index is 11.6. The monoisotopic (exact) mass is 591 g/mol. The summed E-state index contributed by atoms with van der Waals surface area (Å²) in [4.78, 5) is 27.7. The summed E-state index contributed by atoms with van der Waals surface area (Å²) < 4.78 is 16.0. The van der Waals surface area contributed by atoms with E-state index in [0.717, 1.165) is 48.4 Å². The average molecular weight is 592 g/mol. The maximum atomic E-state index is 11.6. The molecular formula is C34H41NO6S. The van der Waals surface area contributed by atoms with Gasteiger partial charge in [0.15, 0.2) is 0 Å². The number of allylic oxidation sites excluding steroid dienone is 1. The second kappa shape index (κ2) is 17.9. The van der Waals surface area contributed by atoms with Crippen molar-refractivity contribution in [1.82, 2.24) is 4.98 Å². The minimum absolute atomic E-state index is 0.352. The van der Waals surface area contributed by atoms with Crippen molar-refractivity contribution in [1.29, 1.82) is 0 Å². The molecule has 0 aliphatic rings. The molecule has 1 N–H and O–H groups in total. The smallest absolute Gasteiger partial charge is 0.337 e. The Kier molecular flexibility index (Phi) is 14.0. The number of aryl methyl sites for hydroxylation is 1. The van der Waals surface area contributed by atoms with Crippen LogP contribution in [0, 0.1) is 0 Å². The molecule has 0 fully saturated rings. The van der Waals surface area contributed by atoms with Gasteiger partial charge in [0.25, 0.3) is 0 Å². The number of esters is 1. The number of ether oxygens (including phenoxy) is 3. The summed E-state index contributed by atoms with van der Waals surface area (Å²) in [5.74, 6) is 1.55. The van der Waals surface area contributed by atoms with Crippen LogP contribution in [0.3, 0.4) is 0 Å². The average Bonchev–Trinajstić information content (AvgIpc) is 3.00. The zero-order valence-electron chi connectivity index (χ0n) is 24.8. The highest BCUT2D eigenvalue weighted by molar-refractivity contribution is 7.97. The van der Waals surface area contributed by atoms with Crippen LogP contribution in [0.4, 0.5) is 0 Å². The number of carboxylic acid groups (broad SMARTS) is 1. The molecule has 1 aromatic heterocycles. The number of hydrogen-bond acceptors (Lipinski definition) is 7. The van der Waals surface area contributed by atoms with E-state index in [1.807, 2.05) is 36.4 Å². The zero-order valence-corrected chi connectivity index (χ0v) is 25.6. The van der Waals surface area contributed by atoms with Crippen LogP contribution in [0.15, 0.2) is 66.7 Å². The molecule has 0 aliphatic carbocycles. The summed E-state index contributed by atoms with van der Waals surface area (Å²) in [5.41, 5.74) is 4.93. The van der Waals surface area contributed by atoms with Crippen molar-refractivity contribution in [3.63, 3.8) is 0 Å². The number of unbranched alkanes of at least 4 members (excludes halogenated alkanes) is 5. The molecule has 0 bridgehead atoms. The third-order valence-electron chi connectivity index (χ3n) is 6.80. The lowest BCUT2D eigenvalue weighted by Crippen LogP contribution is -2.04. The fraction of sp³-hybridized carbons (Fsp3) is 0.382. The highest BCUT2D eigenvalue weighted by atomic mass is 32.2. The first-order chi connectivity index (χ1) is 20.4. The van der Waals surface area contributed by atoms with Gasteiger partial charge >= 0.3 is 11.9 Å². The van der Waals surface area contributed by atoms with Crippen molar-refractivity contribution >= 4 is 29.3 Å². The predicted molar refractivity (Wildman–Crippen MR) is 168 cm³/mol. The van der Waals surface area contributed by atoms with Crippen LogP contribution in [-0.4, -0.2) is 42.9 Å².